The molecule has 0 aliphatic rings. The lowest BCUT2D eigenvalue weighted by Gasteiger charge is -2.19. The maximum atomic E-state index is 11.7. The number of likely N-dealkylation sites (N-methyl/N-ethyl adjacent to an activating group) is 1. The van der Waals surface area contributed by atoms with Crippen LogP contribution in [-0.2, 0) is 4.79 Å². The van der Waals surface area contributed by atoms with E-state index < -0.39 is 6.09 Å². The van der Waals surface area contributed by atoms with Crippen molar-refractivity contribution >= 4 is 23.1 Å². The molecule has 0 saturated heterocycles. The number of carbonyl (C=O) groups is 2. The van der Waals surface area contributed by atoms with E-state index in [9.17, 15) is 25.1 Å². The van der Waals surface area contributed by atoms with Crippen molar-refractivity contribution < 1.29 is 24.5 Å². The van der Waals surface area contributed by atoms with E-state index >= 15 is 0 Å². The van der Waals surface area contributed by atoms with E-state index in [1.165, 1.54) is 28.0 Å². The number of carboxylic acid groups (broad SMARTS) is 1. The molecule has 0 saturated carbocycles. The second-order valence-corrected chi connectivity index (χ2v) is 9.15. The fourth-order valence-corrected chi connectivity index (χ4v) is 4.15. The molecule has 0 radical (unpaired) electrons. The summed E-state index contributed by atoms with van der Waals surface area (Å²) in [6, 6.07) is 24.6. The molecule has 206 valence electrons. The summed E-state index contributed by atoms with van der Waals surface area (Å²) >= 11 is 0. The lowest BCUT2D eigenvalue weighted by atomic mass is 9.87. The highest BCUT2D eigenvalue weighted by Crippen LogP contribution is 2.36. The Kier molecular flexibility index (Phi) is 10.5. The zero-order chi connectivity index (χ0) is 29.1. The molecule has 8 nitrogen and oxygen atoms in total. The molecule has 0 unspecified atom stereocenters. The van der Waals surface area contributed by atoms with Gasteiger partial charge in [0.15, 0.2) is 0 Å². The summed E-state index contributed by atoms with van der Waals surface area (Å²) in [6.07, 6.45) is 2.49. The average Bonchev–Trinajstić information content (AvgIpc) is 2.96. The molecule has 0 aliphatic heterocycles. The Morgan fingerprint density at radius 2 is 1.65 bits per heavy atom. The summed E-state index contributed by atoms with van der Waals surface area (Å²) in [5.74, 6) is 0.292. The van der Waals surface area contributed by atoms with Gasteiger partial charge in [-0.25, -0.2) is 4.79 Å². The fourth-order valence-electron chi connectivity index (χ4n) is 4.15. The molecule has 2 amide bonds. The SMILES string of the molecule is CC/C(=C(/c1ccc(OCCN(C/C=C/C(=O)N(C)C)C(=O)O)cc1)c1ccc(O)c(C#N)c1)c1ccccc1. The van der Waals surface area contributed by atoms with Crippen molar-refractivity contribution in [1.29, 1.82) is 5.26 Å². The molecule has 0 atom stereocenters. The van der Waals surface area contributed by atoms with Gasteiger partial charge in [0.05, 0.1) is 12.1 Å². The highest BCUT2D eigenvalue weighted by molar-refractivity contribution is 5.99. The van der Waals surface area contributed by atoms with E-state index in [0.29, 0.717) is 5.75 Å². The quantitative estimate of drug-likeness (QED) is 0.241. The van der Waals surface area contributed by atoms with Crippen LogP contribution in [0.3, 0.4) is 0 Å². The molecule has 0 fully saturated rings. The standard InChI is InChI=1S/C32H33N3O5/c1-4-28(23-9-6-5-7-10-23)31(25-14-17-29(36)26(21-25)22-33)24-12-15-27(16-13-24)40-20-19-35(32(38)39)18-8-11-30(37)34(2)3/h5-17,21,36H,4,18-20H2,1-3H3,(H,38,39)/b11-8+,31-28+. The number of aromatic hydroxyl groups is 1. The third-order valence-electron chi connectivity index (χ3n) is 6.25. The zero-order valence-corrected chi connectivity index (χ0v) is 22.9. The molecule has 40 heavy (non-hydrogen) atoms. The minimum atomic E-state index is -1.10. The molecule has 3 aromatic carbocycles. The summed E-state index contributed by atoms with van der Waals surface area (Å²) in [4.78, 5) is 25.8. The molecule has 0 aromatic heterocycles. The minimum Gasteiger partial charge on any atom is -0.507 e. The first kappa shape index (κ1) is 29.5. The second kappa shape index (κ2) is 14.2. The molecule has 0 bridgehead atoms. The van der Waals surface area contributed by atoms with Gasteiger partial charge in [-0.1, -0.05) is 61.5 Å². The van der Waals surface area contributed by atoms with E-state index in [1.807, 2.05) is 60.7 Å². The Balaban J connectivity index is 1.83. The average molecular weight is 540 g/mol. The number of hydrogen-bond donors (Lipinski definition) is 2. The van der Waals surface area contributed by atoms with Crippen molar-refractivity contribution in [3.05, 3.63) is 107 Å². The number of phenols is 1. The van der Waals surface area contributed by atoms with E-state index in [2.05, 4.69) is 6.92 Å². The van der Waals surface area contributed by atoms with E-state index in [-0.39, 0.29) is 36.9 Å². The van der Waals surface area contributed by atoms with E-state index in [0.717, 1.165) is 34.3 Å². The van der Waals surface area contributed by atoms with Crippen molar-refractivity contribution in [3.63, 3.8) is 0 Å². The van der Waals surface area contributed by atoms with Gasteiger partial charge in [0, 0.05) is 26.7 Å². The minimum absolute atomic E-state index is 0.0673. The predicted molar refractivity (Wildman–Crippen MR) is 155 cm³/mol. The zero-order valence-electron chi connectivity index (χ0n) is 22.9. The number of nitrogens with zero attached hydrogens (tertiary/aromatic N) is 3. The van der Waals surface area contributed by atoms with Crippen LogP contribution in [0.4, 0.5) is 4.79 Å². The second-order valence-electron chi connectivity index (χ2n) is 9.15. The van der Waals surface area contributed by atoms with Crippen LogP contribution in [0.15, 0.2) is 84.9 Å². The van der Waals surface area contributed by atoms with Crippen LogP contribution in [0.2, 0.25) is 0 Å². The third-order valence-corrected chi connectivity index (χ3v) is 6.25. The number of nitriles is 1. The van der Waals surface area contributed by atoms with Gasteiger partial charge in [-0.2, -0.15) is 5.26 Å². The van der Waals surface area contributed by atoms with Gasteiger partial charge in [0.1, 0.15) is 24.2 Å². The van der Waals surface area contributed by atoms with Gasteiger partial charge in [-0.3, -0.25) is 4.79 Å². The number of benzene rings is 3. The van der Waals surface area contributed by atoms with Crippen LogP contribution in [0, 0.1) is 11.3 Å². The molecular weight excluding hydrogens is 506 g/mol. The Bertz CT molecular complexity index is 1420. The number of amides is 2. The lowest BCUT2D eigenvalue weighted by Crippen LogP contribution is -2.33. The first-order valence-electron chi connectivity index (χ1n) is 12.9. The molecule has 0 spiro atoms. The van der Waals surface area contributed by atoms with Gasteiger partial charge in [0.2, 0.25) is 5.91 Å². The highest BCUT2D eigenvalue weighted by Gasteiger charge is 2.15. The number of ether oxygens (including phenoxy) is 1. The summed E-state index contributed by atoms with van der Waals surface area (Å²) in [5, 5.41) is 29.0. The predicted octanol–water partition coefficient (Wildman–Crippen LogP) is 5.64. The largest absolute Gasteiger partial charge is 0.507 e. The summed E-state index contributed by atoms with van der Waals surface area (Å²) in [5.41, 5.74) is 4.99. The molecule has 0 heterocycles. The van der Waals surface area contributed by atoms with Gasteiger partial charge in [0.25, 0.3) is 0 Å². The van der Waals surface area contributed by atoms with E-state index in [1.54, 1.807) is 26.2 Å². The van der Waals surface area contributed by atoms with Crippen LogP contribution in [0.1, 0.15) is 35.6 Å². The van der Waals surface area contributed by atoms with Crippen LogP contribution in [-0.4, -0.2) is 65.8 Å². The van der Waals surface area contributed by atoms with Crippen molar-refractivity contribution in [2.75, 3.05) is 33.8 Å². The van der Waals surface area contributed by atoms with Crippen LogP contribution < -0.4 is 4.74 Å². The Labute approximate surface area is 234 Å². The molecular formula is C32H33N3O5. The van der Waals surface area contributed by atoms with Gasteiger partial charge >= 0.3 is 6.09 Å². The first-order chi connectivity index (χ1) is 19.2. The maximum absolute atomic E-state index is 11.7. The molecule has 2 N–H and O–H groups in total. The molecule has 3 aromatic rings. The smallest absolute Gasteiger partial charge is 0.407 e. The van der Waals surface area contributed by atoms with Gasteiger partial charge in [-0.15, -0.1) is 0 Å². The Morgan fingerprint density at radius 3 is 2.25 bits per heavy atom. The Hall–Kier alpha value is -5.03. The van der Waals surface area contributed by atoms with Crippen LogP contribution in [0.25, 0.3) is 11.1 Å². The number of carbonyl (C=O) groups excluding carboxylic acids is 1. The molecule has 0 aliphatic carbocycles. The Morgan fingerprint density at radius 1 is 0.975 bits per heavy atom. The topological polar surface area (TPSA) is 114 Å². The maximum Gasteiger partial charge on any atom is 0.407 e. The van der Waals surface area contributed by atoms with Crippen molar-refractivity contribution in [3.8, 4) is 17.6 Å². The molecule has 3 rings (SSSR count). The number of allylic oxidation sites excluding steroid dienone is 1. The summed E-state index contributed by atoms with van der Waals surface area (Å²) in [7, 11) is 3.25. The monoisotopic (exact) mass is 539 g/mol. The van der Waals surface area contributed by atoms with Crippen LogP contribution >= 0.6 is 0 Å². The van der Waals surface area contributed by atoms with E-state index in [4.69, 9.17) is 4.74 Å². The summed E-state index contributed by atoms with van der Waals surface area (Å²) in [6.45, 7) is 2.41. The number of hydrogen-bond acceptors (Lipinski definition) is 5. The number of phenolic OH excluding ortho intramolecular Hbond substituents is 1. The van der Waals surface area contributed by atoms with Crippen molar-refractivity contribution in [2.45, 2.75) is 13.3 Å². The third kappa shape index (κ3) is 7.74. The normalized spacial score (nSPS) is 11.4. The van der Waals surface area contributed by atoms with Crippen molar-refractivity contribution in [2.24, 2.45) is 0 Å². The fraction of sp³-hybridized carbons (Fsp3) is 0.219. The summed E-state index contributed by atoms with van der Waals surface area (Å²) < 4.78 is 5.82. The number of rotatable bonds is 11. The van der Waals surface area contributed by atoms with Crippen molar-refractivity contribution in [1.82, 2.24) is 9.80 Å². The molecule has 8 heteroatoms. The highest BCUT2D eigenvalue weighted by atomic mass is 16.5. The van der Waals surface area contributed by atoms with Crippen LogP contribution in [0.5, 0.6) is 11.5 Å². The lowest BCUT2D eigenvalue weighted by molar-refractivity contribution is -0.123. The first-order valence-corrected chi connectivity index (χ1v) is 12.9. The van der Waals surface area contributed by atoms with Gasteiger partial charge < -0.3 is 24.7 Å². The van der Waals surface area contributed by atoms with Gasteiger partial charge in [-0.05, 0) is 58.5 Å².